The Morgan fingerprint density at radius 2 is 1.73 bits per heavy atom. The highest BCUT2D eigenvalue weighted by molar-refractivity contribution is 7.97. The molecule has 0 radical (unpaired) electrons. The van der Waals surface area contributed by atoms with E-state index in [1.807, 2.05) is 0 Å². The van der Waals surface area contributed by atoms with E-state index in [4.69, 9.17) is 0 Å². The van der Waals surface area contributed by atoms with Gasteiger partial charge < -0.3 is 17.0 Å². The maximum Gasteiger partial charge on any atom is 0.126 e. The summed E-state index contributed by atoms with van der Waals surface area (Å²) in [6.45, 7) is 0. The quantitative estimate of drug-likeness (QED) is 0.692. The standard InChI is InChI=1S/C13H17S.BrH/c1-2-7-13(8-3-1)9-6-12-14-10-4-5-11-14;/h1-3,6-9H,4-5,10-12H2;1H/q+1;/p-1/b9-6+;. The largest absolute Gasteiger partial charge is 1.00 e. The van der Waals surface area contributed by atoms with Crippen LogP contribution in [-0.4, -0.2) is 17.3 Å². The van der Waals surface area contributed by atoms with Gasteiger partial charge in [-0.05, 0) is 35.4 Å². The Morgan fingerprint density at radius 1 is 1.07 bits per heavy atom. The van der Waals surface area contributed by atoms with Crippen molar-refractivity contribution in [2.75, 3.05) is 17.3 Å². The highest BCUT2D eigenvalue weighted by atomic mass is 79.9. The summed E-state index contributed by atoms with van der Waals surface area (Å²) in [6.07, 6.45) is 7.53. The van der Waals surface area contributed by atoms with Crippen LogP contribution in [-0.2, 0) is 10.9 Å². The highest BCUT2D eigenvalue weighted by Gasteiger charge is 2.21. The van der Waals surface area contributed by atoms with Crippen molar-refractivity contribution in [1.29, 1.82) is 0 Å². The normalized spacial score (nSPS) is 16.8. The maximum atomic E-state index is 2.35. The molecule has 0 atom stereocenters. The molecule has 0 unspecified atom stereocenters. The molecule has 1 aromatic carbocycles. The van der Waals surface area contributed by atoms with Crippen molar-refractivity contribution < 1.29 is 17.0 Å². The minimum Gasteiger partial charge on any atom is -1.00 e. The molecule has 0 aliphatic carbocycles. The third-order valence-electron chi connectivity index (χ3n) is 2.56. The predicted octanol–water partition coefficient (Wildman–Crippen LogP) is 0.116. The summed E-state index contributed by atoms with van der Waals surface area (Å²) in [4.78, 5) is 0. The Balaban J connectivity index is 0.00000112. The molecule has 0 aromatic heterocycles. The SMILES string of the molecule is C(=C\c1ccccc1)/C[S+]1CCCC1.[Br-]. The van der Waals surface area contributed by atoms with Crippen molar-refractivity contribution in [3.8, 4) is 0 Å². The van der Waals surface area contributed by atoms with E-state index in [-0.39, 0.29) is 17.0 Å². The fourth-order valence-electron chi connectivity index (χ4n) is 1.77. The molecule has 1 heterocycles. The van der Waals surface area contributed by atoms with Crippen LogP contribution >= 0.6 is 0 Å². The van der Waals surface area contributed by atoms with Gasteiger partial charge in [0.2, 0.25) is 0 Å². The Bertz CT molecular complexity index is 289. The van der Waals surface area contributed by atoms with Gasteiger partial charge in [0.15, 0.2) is 0 Å². The van der Waals surface area contributed by atoms with Crippen molar-refractivity contribution in [3.63, 3.8) is 0 Å². The molecule has 15 heavy (non-hydrogen) atoms. The van der Waals surface area contributed by atoms with E-state index < -0.39 is 0 Å². The first-order chi connectivity index (χ1) is 6.95. The summed E-state index contributed by atoms with van der Waals surface area (Å²) in [5.41, 5.74) is 1.33. The number of hydrogen-bond acceptors (Lipinski definition) is 0. The van der Waals surface area contributed by atoms with Gasteiger partial charge in [0.25, 0.3) is 0 Å². The van der Waals surface area contributed by atoms with E-state index in [1.54, 1.807) is 0 Å². The average molecular weight is 285 g/mol. The van der Waals surface area contributed by atoms with Gasteiger partial charge in [-0.25, -0.2) is 0 Å². The van der Waals surface area contributed by atoms with Gasteiger partial charge in [0.05, 0.1) is 0 Å². The number of hydrogen-bond donors (Lipinski definition) is 0. The molecule has 1 aromatic rings. The van der Waals surface area contributed by atoms with Crippen molar-refractivity contribution in [1.82, 2.24) is 0 Å². The van der Waals surface area contributed by atoms with Gasteiger partial charge in [0, 0.05) is 0 Å². The molecule has 0 amide bonds. The second-order valence-corrected chi connectivity index (χ2v) is 6.08. The predicted molar refractivity (Wildman–Crippen MR) is 66.7 cm³/mol. The molecule has 0 spiro atoms. The van der Waals surface area contributed by atoms with Crippen molar-refractivity contribution in [3.05, 3.63) is 42.0 Å². The summed E-state index contributed by atoms with van der Waals surface area (Å²) >= 11 is 0. The van der Waals surface area contributed by atoms with Crippen LogP contribution in [0.1, 0.15) is 18.4 Å². The fraction of sp³-hybridized carbons (Fsp3) is 0.385. The molecular weight excluding hydrogens is 268 g/mol. The van der Waals surface area contributed by atoms with Crippen LogP contribution in [0.2, 0.25) is 0 Å². The number of benzene rings is 1. The molecule has 1 aliphatic rings. The Morgan fingerprint density at radius 3 is 2.40 bits per heavy atom. The number of rotatable bonds is 3. The van der Waals surface area contributed by atoms with Gasteiger partial charge in [0.1, 0.15) is 17.3 Å². The monoisotopic (exact) mass is 284 g/mol. The molecule has 2 rings (SSSR count). The second-order valence-electron chi connectivity index (χ2n) is 3.71. The van der Waals surface area contributed by atoms with Crippen LogP contribution in [0, 0.1) is 0 Å². The molecule has 0 bridgehead atoms. The van der Waals surface area contributed by atoms with E-state index in [2.05, 4.69) is 42.5 Å². The molecule has 2 heteroatoms. The van der Waals surface area contributed by atoms with Crippen molar-refractivity contribution >= 4 is 17.0 Å². The first kappa shape index (κ1) is 12.9. The van der Waals surface area contributed by atoms with E-state index >= 15 is 0 Å². The molecular formula is C13H17BrS. The van der Waals surface area contributed by atoms with E-state index in [1.165, 1.54) is 35.7 Å². The minimum atomic E-state index is 0. The Kier molecular flexibility index (Phi) is 6.11. The molecule has 1 aliphatic heterocycles. The van der Waals surface area contributed by atoms with Crippen molar-refractivity contribution in [2.45, 2.75) is 12.8 Å². The highest BCUT2D eigenvalue weighted by Crippen LogP contribution is 2.14. The molecule has 0 nitrogen and oxygen atoms in total. The Labute approximate surface area is 106 Å². The lowest BCUT2D eigenvalue weighted by atomic mass is 10.2. The zero-order valence-electron chi connectivity index (χ0n) is 8.86. The van der Waals surface area contributed by atoms with Gasteiger partial charge in [-0.15, -0.1) is 0 Å². The summed E-state index contributed by atoms with van der Waals surface area (Å²) in [5.74, 6) is 4.24. The first-order valence-electron chi connectivity index (χ1n) is 5.31. The lowest BCUT2D eigenvalue weighted by Crippen LogP contribution is -3.00. The molecule has 1 saturated heterocycles. The fourth-order valence-corrected chi connectivity index (χ4v) is 3.90. The van der Waals surface area contributed by atoms with Crippen molar-refractivity contribution in [2.24, 2.45) is 0 Å². The zero-order chi connectivity index (χ0) is 9.64. The smallest absolute Gasteiger partial charge is 0.126 e. The minimum absolute atomic E-state index is 0. The van der Waals surface area contributed by atoms with Gasteiger partial charge in [-0.1, -0.05) is 36.4 Å². The lowest BCUT2D eigenvalue weighted by molar-refractivity contribution is -0.00000279. The van der Waals surface area contributed by atoms with Crippen LogP contribution in [0.15, 0.2) is 36.4 Å². The van der Waals surface area contributed by atoms with E-state index in [0.717, 1.165) is 0 Å². The molecule has 0 N–H and O–H groups in total. The van der Waals surface area contributed by atoms with Crippen LogP contribution in [0.5, 0.6) is 0 Å². The molecule has 1 fully saturated rings. The molecule has 82 valence electrons. The third kappa shape index (κ3) is 4.43. The number of halogens is 1. The Hall–Kier alpha value is -0.210. The van der Waals surface area contributed by atoms with Crippen LogP contribution in [0.25, 0.3) is 6.08 Å². The molecule has 0 saturated carbocycles. The summed E-state index contributed by atoms with van der Waals surface area (Å²) in [5, 5.41) is 0. The second kappa shape index (κ2) is 7.13. The van der Waals surface area contributed by atoms with Gasteiger partial charge >= 0.3 is 0 Å². The van der Waals surface area contributed by atoms with E-state index in [9.17, 15) is 0 Å². The summed E-state index contributed by atoms with van der Waals surface area (Å²) in [6, 6.07) is 10.6. The van der Waals surface area contributed by atoms with Crippen LogP contribution < -0.4 is 17.0 Å². The third-order valence-corrected chi connectivity index (χ3v) is 4.95. The van der Waals surface area contributed by atoms with Gasteiger partial charge in [-0.3, -0.25) is 0 Å². The first-order valence-corrected chi connectivity index (χ1v) is 7.04. The zero-order valence-corrected chi connectivity index (χ0v) is 11.3. The van der Waals surface area contributed by atoms with Crippen LogP contribution in [0.3, 0.4) is 0 Å². The maximum absolute atomic E-state index is 2.35. The summed E-state index contributed by atoms with van der Waals surface area (Å²) < 4.78 is 0. The average Bonchev–Trinajstić information content (AvgIpc) is 2.72. The van der Waals surface area contributed by atoms with Gasteiger partial charge in [-0.2, -0.15) is 0 Å². The topological polar surface area (TPSA) is 0 Å². The van der Waals surface area contributed by atoms with E-state index in [0.29, 0.717) is 10.9 Å². The summed E-state index contributed by atoms with van der Waals surface area (Å²) in [7, 11) is 0.712. The lowest BCUT2D eigenvalue weighted by Gasteiger charge is -1.95. The van der Waals surface area contributed by atoms with Crippen LogP contribution in [0.4, 0.5) is 0 Å².